The van der Waals surface area contributed by atoms with Crippen LogP contribution in [0, 0.1) is 5.92 Å². The number of urea groups is 1. The number of aliphatic hydroxyl groups excluding tert-OH is 1. The Balaban J connectivity index is 1.89. The molecule has 6 nitrogen and oxygen atoms in total. The number of rotatable bonds is 2. The van der Waals surface area contributed by atoms with E-state index in [1.54, 1.807) is 9.80 Å². The second-order valence-electron chi connectivity index (χ2n) is 5.58. The molecule has 0 aromatic rings. The highest BCUT2D eigenvalue weighted by Gasteiger charge is 2.30. The highest BCUT2D eigenvalue weighted by molar-refractivity contribution is 5.75. The van der Waals surface area contributed by atoms with Gasteiger partial charge in [0.1, 0.15) is 0 Å². The van der Waals surface area contributed by atoms with Crippen LogP contribution in [0.4, 0.5) is 4.79 Å². The average molecular weight is 270 g/mol. The van der Waals surface area contributed by atoms with Crippen molar-refractivity contribution in [2.24, 2.45) is 5.92 Å². The number of carboxylic acids is 1. The predicted octanol–water partition coefficient (Wildman–Crippen LogP) is 0.750. The molecule has 2 saturated heterocycles. The first-order valence-corrected chi connectivity index (χ1v) is 7.00. The van der Waals surface area contributed by atoms with Crippen LogP contribution in [0.2, 0.25) is 0 Å². The fraction of sp³-hybridized carbons (Fsp3) is 0.846. The largest absolute Gasteiger partial charge is 0.481 e. The summed E-state index contributed by atoms with van der Waals surface area (Å²) in [5.74, 6) is -0.738. The minimum absolute atomic E-state index is 0.0474. The van der Waals surface area contributed by atoms with Gasteiger partial charge in [0.05, 0.1) is 6.10 Å². The van der Waals surface area contributed by atoms with Gasteiger partial charge in [-0.2, -0.15) is 0 Å². The Kier molecular flexibility index (Phi) is 4.63. The molecule has 0 aromatic carbocycles. The average Bonchev–Trinajstić information content (AvgIpc) is 2.37. The summed E-state index contributed by atoms with van der Waals surface area (Å²) in [5.41, 5.74) is 0. The molecular weight excluding hydrogens is 248 g/mol. The lowest BCUT2D eigenvalue weighted by Gasteiger charge is -2.38. The molecule has 6 heteroatoms. The Labute approximate surface area is 113 Å². The summed E-state index contributed by atoms with van der Waals surface area (Å²) in [6.07, 6.45) is 3.04. The Morgan fingerprint density at radius 1 is 1.05 bits per heavy atom. The third kappa shape index (κ3) is 3.83. The highest BCUT2D eigenvalue weighted by atomic mass is 16.4. The van der Waals surface area contributed by atoms with Crippen molar-refractivity contribution in [2.75, 3.05) is 26.2 Å². The minimum Gasteiger partial charge on any atom is -0.481 e. The number of piperidine rings is 2. The van der Waals surface area contributed by atoms with Crippen LogP contribution in [0.15, 0.2) is 0 Å². The second kappa shape index (κ2) is 6.23. The second-order valence-corrected chi connectivity index (χ2v) is 5.58. The zero-order chi connectivity index (χ0) is 13.8. The maximum Gasteiger partial charge on any atom is 0.320 e. The summed E-state index contributed by atoms with van der Waals surface area (Å²) in [5, 5.41) is 18.4. The van der Waals surface area contributed by atoms with Gasteiger partial charge in [-0.3, -0.25) is 4.79 Å². The van der Waals surface area contributed by atoms with E-state index in [1.807, 2.05) is 0 Å². The SMILES string of the molecule is O=C(O)CC1CCCN(C(=O)N2CCCC(O)C2)C1. The van der Waals surface area contributed by atoms with Gasteiger partial charge in [0.25, 0.3) is 0 Å². The maximum atomic E-state index is 12.3. The van der Waals surface area contributed by atoms with E-state index >= 15 is 0 Å². The number of hydrogen-bond acceptors (Lipinski definition) is 3. The van der Waals surface area contributed by atoms with Crippen molar-refractivity contribution in [2.45, 2.75) is 38.2 Å². The van der Waals surface area contributed by atoms with Crippen molar-refractivity contribution in [3.05, 3.63) is 0 Å². The van der Waals surface area contributed by atoms with Gasteiger partial charge in [-0.15, -0.1) is 0 Å². The molecule has 0 aromatic heterocycles. The molecule has 108 valence electrons. The number of carbonyl (C=O) groups is 2. The molecule has 2 fully saturated rings. The van der Waals surface area contributed by atoms with Crippen LogP contribution in [0.5, 0.6) is 0 Å². The third-order valence-corrected chi connectivity index (χ3v) is 3.92. The van der Waals surface area contributed by atoms with Crippen molar-refractivity contribution in [1.29, 1.82) is 0 Å². The van der Waals surface area contributed by atoms with Crippen molar-refractivity contribution >= 4 is 12.0 Å². The van der Waals surface area contributed by atoms with E-state index in [2.05, 4.69) is 0 Å². The van der Waals surface area contributed by atoms with Crippen LogP contribution in [-0.4, -0.2) is 64.3 Å². The minimum atomic E-state index is -0.798. The number of aliphatic carboxylic acids is 1. The lowest BCUT2D eigenvalue weighted by Crippen LogP contribution is -2.51. The van der Waals surface area contributed by atoms with E-state index in [1.165, 1.54) is 0 Å². The summed E-state index contributed by atoms with van der Waals surface area (Å²) >= 11 is 0. The van der Waals surface area contributed by atoms with E-state index in [9.17, 15) is 14.7 Å². The zero-order valence-corrected chi connectivity index (χ0v) is 11.1. The van der Waals surface area contributed by atoms with E-state index in [-0.39, 0.29) is 18.4 Å². The molecule has 0 radical (unpaired) electrons. The monoisotopic (exact) mass is 270 g/mol. The van der Waals surface area contributed by atoms with E-state index in [4.69, 9.17) is 5.11 Å². The molecule has 2 atom stereocenters. The molecule has 0 saturated carbocycles. The summed E-state index contributed by atoms with van der Waals surface area (Å²) < 4.78 is 0. The van der Waals surface area contributed by atoms with Crippen molar-refractivity contribution in [3.63, 3.8) is 0 Å². The third-order valence-electron chi connectivity index (χ3n) is 3.92. The fourth-order valence-electron chi connectivity index (χ4n) is 2.98. The number of nitrogens with zero attached hydrogens (tertiary/aromatic N) is 2. The van der Waals surface area contributed by atoms with Crippen LogP contribution in [0.1, 0.15) is 32.1 Å². The molecule has 0 spiro atoms. The molecule has 2 aliphatic heterocycles. The van der Waals surface area contributed by atoms with E-state index in [0.717, 1.165) is 25.7 Å². The van der Waals surface area contributed by atoms with Gasteiger partial charge in [0.2, 0.25) is 0 Å². The number of amides is 2. The molecule has 2 heterocycles. The Hall–Kier alpha value is -1.30. The molecule has 2 rings (SSSR count). The van der Waals surface area contributed by atoms with Gasteiger partial charge < -0.3 is 20.0 Å². The topological polar surface area (TPSA) is 81.1 Å². The smallest absolute Gasteiger partial charge is 0.320 e. The summed E-state index contributed by atoms with van der Waals surface area (Å²) in [7, 11) is 0. The first kappa shape index (κ1) is 14.1. The number of carboxylic acid groups (broad SMARTS) is 1. The number of aliphatic hydroxyl groups is 1. The number of hydrogen-bond donors (Lipinski definition) is 2. The zero-order valence-electron chi connectivity index (χ0n) is 11.1. The molecule has 2 N–H and O–H groups in total. The lowest BCUT2D eigenvalue weighted by molar-refractivity contribution is -0.138. The number of β-amino-alcohol motifs (C(OH)–C–C–N with tert-alkyl or cyclic N) is 1. The first-order chi connectivity index (χ1) is 9.06. The molecule has 0 bridgehead atoms. The van der Waals surface area contributed by atoms with Gasteiger partial charge in [-0.25, -0.2) is 4.79 Å². The molecule has 0 aliphatic carbocycles. The van der Waals surface area contributed by atoms with Gasteiger partial charge in [0, 0.05) is 32.6 Å². The van der Waals surface area contributed by atoms with Crippen LogP contribution in [0.3, 0.4) is 0 Å². The number of likely N-dealkylation sites (tertiary alicyclic amines) is 2. The molecule has 2 aliphatic rings. The number of carbonyl (C=O) groups excluding carboxylic acids is 1. The van der Waals surface area contributed by atoms with Crippen LogP contribution in [-0.2, 0) is 4.79 Å². The maximum absolute atomic E-state index is 12.3. The van der Waals surface area contributed by atoms with Crippen molar-refractivity contribution in [1.82, 2.24) is 9.80 Å². The summed E-state index contributed by atoms with van der Waals surface area (Å²) in [6.45, 7) is 2.31. The first-order valence-electron chi connectivity index (χ1n) is 7.00. The lowest BCUT2D eigenvalue weighted by atomic mass is 9.95. The predicted molar refractivity (Wildman–Crippen MR) is 68.8 cm³/mol. The molecular formula is C13H22N2O4. The highest BCUT2D eigenvalue weighted by Crippen LogP contribution is 2.21. The Bertz CT molecular complexity index is 348. The van der Waals surface area contributed by atoms with Crippen LogP contribution < -0.4 is 0 Å². The normalized spacial score (nSPS) is 28.3. The summed E-state index contributed by atoms with van der Waals surface area (Å²) in [6, 6.07) is -0.0474. The van der Waals surface area contributed by atoms with Crippen LogP contribution in [0.25, 0.3) is 0 Å². The van der Waals surface area contributed by atoms with Crippen LogP contribution >= 0.6 is 0 Å². The molecule has 2 unspecified atom stereocenters. The van der Waals surface area contributed by atoms with Gasteiger partial charge in [-0.1, -0.05) is 0 Å². The molecule has 2 amide bonds. The van der Waals surface area contributed by atoms with E-state index < -0.39 is 12.1 Å². The fourth-order valence-corrected chi connectivity index (χ4v) is 2.98. The van der Waals surface area contributed by atoms with E-state index in [0.29, 0.717) is 26.2 Å². The molecule has 19 heavy (non-hydrogen) atoms. The quantitative estimate of drug-likeness (QED) is 0.776. The van der Waals surface area contributed by atoms with Gasteiger partial charge in [-0.05, 0) is 31.6 Å². The van der Waals surface area contributed by atoms with Crippen molar-refractivity contribution < 1.29 is 19.8 Å². The standard InChI is InChI=1S/C13H22N2O4/c16-11-4-2-6-15(9-11)13(19)14-5-1-3-10(8-14)7-12(17)18/h10-11,16H,1-9H2,(H,17,18). The Morgan fingerprint density at radius 3 is 2.32 bits per heavy atom. The van der Waals surface area contributed by atoms with Gasteiger partial charge >= 0.3 is 12.0 Å². The Morgan fingerprint density at radius 2 is 1.68 bits per heavy atom. The van der Waals surface area contributed by atoms with Gasteiger partial charge in [0.15, 0.2) is 0 Å². The van der Waals surface area contributed by atoms with Crippen molar-refractivity contribution in [3.8, 4) is 0 Å². The summed E-state index contributed by atoms with van der Waals surface area (Å²) in [4.78, 5) is 26.5.